The van der Waals surface area contributed by atoms with Gasteiger partial charge in [-0.25, -0.2) is 4.39 Å². The summed E-state index contributed by atoms with van der Waals surface area (Å²) < 4.78 is 13.6. The lowest BCUT2D eigenvalue weighted by atomic mass is 9.91. The Morgan fingerprint density at radius 2 is 2.00 bits per heavy atom. The molecule has 0 saturated carbocycles. The molecule has 1 aromatic heterocycles. The first-order chi connectivity index (χ1) is 7.59. The van der Waals surface area contributed by atoms with Crippen LogP contribution >= 0.6 is 11.3 Å². The van der Waals surface area contributed by atoms with E-state index in [1.807, 2.05) is 17.5 Å². The molecule has 1 unspecified atom stereocenters. The van der Waals surface area contributed by atoms with E-state index in [1.165, 1.54) is 6.07 Å². The van der Waals surface area contributed by atoms with Crippen molar-refractivity contribution in [1.29, 1.82) is 0 Å². The van der Waals surface area contributed by atoms with E-state index in [9.17, 15) is 9.50 Å². The molecule has 0 aliphatic rings. The third-order valence-electron chi connectivity index (χ3n) is 2.55. The summed E-state index contributed by atoms with van der Waals surface area (Å²) in [4.78, 5) is 1.05. The van der Waals surface area contributed by atoms with Gasteiger partial charge in [0, 0.05) is 16.9 Å². The van der Waals surface area contributed by atoms with Gasteiger partial charge in [0.15, 0.2) is 0 Å². The Hall–Kier alpha value is -1.19. The predicted octanol–water partition coefficient (Wildman–Crippen LogP) is 3.34. The number of benzene rings is 1. The molecule has 16 heavy (non-hydrogen) atoms. The Morgan fingerprint density at radius 1 is 1.25 bits per heavy atom. The molecule has 0 aliphatic heterocycles. The molecule has 1 aromatic carbocycles. The van der Waals surface area contributed by atoms with Crippen LogP contribution in [0.2, 0.25) is 0 Å². The highest BCUT2D eigenvalue weighted by Gasteiger charge is 2.26. The van der Waals surface area contributed by atoms with Crippen molar-refractivity contribution in [2.75, 3.05) is 0 Å². The fourth-order valence-electron chi connectivity index (χ4n) is 1.75. The number of rotatable bonds is 3. The minimum atomic E-state index is -1.16. The van der Waals surface area contributed by atoms with Crippen molar-refractivity contribution >= 4 is 11.3 Å². The van der Waals surface area contributed by atoms with Crippen LogP contribution in [0.25, 0.3) is 0 Å². The van der Waals surface area contributed by atoms with Crippen LogP contribution < -0.4 is 0 Å². The van der Waals surface area contributed by atoms with Crippen LogP contribution in [0.3, 0.4) is 0 Å². The molecule has 3 heteroatoms. The summed E-state index contributed by atoms with van der Waals surface area (Å²) in [6, 6.07) is 10.2. The minimum Gasteiger partial charge on any atom is -0.385 e. The van der Waals surface area contributed by atoms with Crippen molar-refractivity contribution in [1.82, 2.24) is 0 Å². The summed E-state index contributed by atoms with van der Waals surface area (Å²) in [7, 11) is 0. The maximum absolute atomic E-state index is 13.6. The second kappa shape index (κ2) is 4.36. The molecule has 0 aliphatic carbocycles. The fourth-order valence-corrected chi connectivity index (χ4v) is 2.60. The van der Waals surface area contributed by atoms with Gasteiger partial charge in [0.25, 0.3) is 0 Å². The van der Waals surface area contributed by atoms with Gasteiger partial charge in [-0.1, -0.05) is 24.3 Å². The molecule has 0 radical (unpaired) electrons. The van der Waals surface area contributed by atoms with Crippen LogP contribution in [0.1, 0.15) is 17.4 Å². The molecule has 0 spiro atoms. The molecule has 0 fully saturated rings. The Labute approximate surface area is 98.2 Å². The lowest BCUT2D eigenvalue weighted by Gasteiger charge is -2.23. The molecule has 84 valence electrons. The van der Waals surface area contributed by atoms with E-state index < -0.39 is 5.60 Å². The number of halogens is 1. The average molecular weight is 236 g/mol. The SMILES string of the molecule is CC(O)(Cc1cccs1)c1ccccc1F. The molecule has 2 aromatic rings. The van der Waals surface area contributed by atoms with Crippen molar-refractivity contribution in [3.05, 3.63) is 58.0 Å². The van der Waals surface area contributed by atoms with Gasteiger partial charge in [0.2, 0.25) is 0 Å². The smallest absolute Gasteiger partial charge is 0.129 e. The zero-order chi connectivity index (χ0) is 11.6. The van der Waals surface area contributed by atoms with Crippen molar-refractivity contribution in [3.8, 4) is 0 Å². The lowest BCUT2D eigenvalue weighted by molar-refractivity contribution is 0.0546. The van der Waals surface area contributed by atoms with E-state index in [0.29, 0.717) is 12.0 Å². The highest BCUT2D eigenvalue weighted by molar-refractivity contribution is 7.09. The third kappa shape index (κ3) is 2.31. The molecule has 0 amide bonds. The fraction of sp³-hybridized carbons (Fsp3) is 0.231. The predicted molar refractivity (Wildman–Crippen MR) is 64.0 cm³/mol. The normalized spacial score (nSPS) is 14.7. The maximum Gasteiger partial charge on any atom is 0.129 e. The summed E-state index contributed by atoms with van der Waals surface area (Å²) in [5.41, 5.74) is -0.806. The first-order valence-electron chi connectivity index (χ1n) is 5.09. The van der Waals surface area contributed by atoms with Gasteiger partial charge in [0.1, 0.15) is 5.82 Å². The molecular weight excluding hydrogens is 223 g/mol. The van der Waals surface area contributed by atoms with E-state index in [2.05, 4.69) is 0 Å². The van der Waals surface area contributed by atoms with E-state index in [0.717, 1.165) is 4.88 Å². The van der Waals surface area contributed by atoms with Crippen LogP contribution in [0.15, 0.2) is 41.8 Å². The molecule has 1 heterocycles. The summed E-state index contributed by atoms with van der Waals surface area (Å²) in [6.07, 6.45) is 0.436. The standard InChI is InChI=1S/C13H13FOS/c1-13(15,9-10-5-4-8-16-10)11-6-2-3-7-12(11)14/h2-8,15H,9H2,1H3. The third-order valence-corrected chi connectivity index (χ3v) is 3.43. The maximum atomic E-state index is 13.6. The van der Waals surface area contributed by atoms with E-state index >= 15 is 0 Å². The molecule has 0 bridgehead atoms. The number of hydrogen-bond acceptors (Lipinski definition) is 2. The number of aliphatic hydroxyl groups is 1. The van der Waals surface area contributed by atoms with E-state index in [-0.39, 0.29) is 5.82 Å². The first-order valence-corrected chi connectivity index (χ1v) is 5.97. The zero-order valence-corrected chi connectivity index (χ0v) is 9.80. The lowest BCUT2D eigenvalue weighted by Crippen LogP contribution is -2.25. The van der Waals surface area contributed by atoms with Crippen molar-refractivity contribution < 1.29 is 9.50 Å². The summed E-state index contributed by atoms with van der Waals surface area (Å²) in [5, 5.41) is 12.3. The largest absolute Gasteiger partial charge is 0.385 e. The minimum absolute atomic E-state index is 0.350. The van der Waals surface area contributed by atoms with Crippen LogP contribution in [0.4, 0.5) is 4.39 Å². The second-order valence-electron chi connectivity index (χ2n) is 4.01. The molecule has 1 nitrogen and oxygen atoms in total. The molecule has 1 N–H and O–H groups in total. The Kier molecular flexibility index (Phi) is 3.08. The number of hydrogen-bond donors (Lipinski definition) is 1. The molecule has 1 atom stereocenters. The van der Waals surface area contributed by atoms with Gasteiger partial charge in [0.05, 0.1) is 5.60 Å². The van der Waals surface area contributed by atoms with Crippen molar-refractivity contribution in [2.24, 2.45) is 0 Å². The molecular formula is C13H13FOS. The van der Waals surface area contributed by atoms with Gasteiger partial charge < -0.3 is 5.11 Å². The quantitative estimate of drug-likeness (QED) is 0.866. The van der Waals surface area contributed by atoms with Crippen molar-refractivity contribution in [3.63, 3.8) is 0 Å². The van der Waals surface area contributed by atoms with Gasteiger partial charge in [-0.2, -0.15) is 0 Å². The van der Waals surface area contributed by atoms with E-state index in [1.54, 1.807) is 36.5 Å². The highest BCUT2D eigenvalue weighted by atomic mass is 32.1. The van der Waals surface area contributed by atoms with Crippen molar-refractivity contribution in [2.45, 2.75) is 18.9 Å². The topological polar surface area (TPSA) is 20.2 Å². The summed E-state index contributed by atoms with van der Waals surface area (Å²) in [6.45, 7) is 1.64. The molecule has 0 saturated heterocycles. The highest BCUT2D eigenvalue weighted by Crippen LogP contribution is 2.28. The van der Waals surface area contributed by atoms with Gasteiger partial charge in [-0.3, -0.25) is 0 Å². The average Bonchev–Trinajstić information content (AvgIpc) is 2.70. The van der Waals surface area contributed by atoms with Gasteiger partial charge in [-0.15, -0.1) is 11.3 Å². The first kappa shape index (κ1) is 11.3. The van der Waals surface area contributed by atoms with E-state index in [4.69, 9.17) is 0 Å². The monoisotopic (exact) mass is 236 g/mol. The second-order valence-corrected chi connectivity index (χ2v) is 5.04. The zero-order valence-electron chi connectivity index (χ0n) is 8.98. The van der Waals surface area contributed by atoms with Crippen LogP contribution in [0.5, 0.6) is 0 Å². The Balaban J connectivity index is 2.28. The van der Waals surface area contributed by atoms with Gasteiger partial charge >= 0.3 is 0 Å². The Morgan fingerprint density at radius 3 is 2.62 bits per heavy atom. The summed E-state index contributed by atoms with van der Waals surface area (Å²) >= 11 is 1.57. The molecule has 2 rings (SSSR count). The Bertz CT molecular complexity index is 463. The van der Waals surface area contributed by atoms with Crippen LogP contribution in [-0.2, 0) is 12.0 Å². The number of thiophene rings is 1. The van der Waals surface area contributed by atoms with Crippen LogP contribution in [-0.4, -0.2) is 5.11 Å². The van der Waals surface area contributed by atoms with Crippen LogP contribution in [0, 0.1) is 5.82 Å². The van der Waals surface area contributed by atoms with Gasteiger partial charge in [-0.05, 0) is 24.4 Å². The summed E-state index contributed by atoms with van der Waals surface area (Å²) in [5.74, 6) is -0.357.